The summed E-state index contributed by atoms with van der Waals surface area (Å²) < 4.78 is 0. The summed E-state index contributed by atoms with van der Waals surface area (Å²) in [6, 6.07) is 13.4. The number of hydrogen-bond donors (Lipinski definition) is 0. The van der Waals surface area contributed by atoms with Crippen molar-refractivity contribution in [3.05, 3.63) is 75.3 Å². The van der Waals surface area contributed by atoms with Gasteiger partial charge in [-0.25, -0.2) is 0 Å². The first-order valence-electron chi connectivity index (χ1n) is 6.89. The Labute approximate surface area is 127 Å². The summed E-state index contributed by atoms with van der Waals surface area (Å²) in [7, 11) is 0. The minimum Gasteiger partial charge on any atom is -0.304 e. The number of nitro benzene ring substituents is 1. The van der Waals surface area contributed by atoms with Gasteiger partial charge in [0.15, 0.2) is 0 Å². The lowest BCUT2D eigenvalue weighted by Crippen LogP contribution is -2.34. The Kier molecular flexibility index (Phi) is 3.47. The molecule has 0 unspecified atom stereocenters. The quantitative estimate of drug-likeness (QED) is 0.627. The van der Waals surface area contributed by atoms with E-state index in [9.17, 15) is 14.9 Å². The van der Waals surface area contributed by atoms with Crippen LogP contribution >= 0.6 is 0 Å². The van der Waals surface area contributed by atoms with E-state index < -0.39 is 4.92 Å². The Morgan fingerprint density at radius 3 is 2.50 bits per heavy atom. The van der Waals surface area contributed by atoms with Gasteiger partial charge in [-0.2, -0.15) is 0 Å². The summed E-state index contributed by atoms with van der Waals surface area (Å²) in [6.45, 7) is 2.50. The molecular formula is C17H14N2O3. The van der Waals surface area contributed by atoms with Crippen LogP contribution in [0, 0.1) is 10.1 Å². The van der Waals surface area contributed by atoms with E-state index in [1.807, 2.05) is 31.2 Å². The molecule has 0 saturated carbocycles. The Morgan fingerprint density at radius 1 is 1.14 bits per heavy atom. The Hall–Kier alpha value is -2.95. The van der Waals surface area contributed by atoms with Gasteiger partial charge >= 0.3 is 0 Å². The predicted octanol–water partition coefficient (Wildman–Crippen LogP) is 3.66. The third-order valence-electron chi connectivity index (χ3n) is 3.61. The molecule has 0 bridgehead atoms. The second-order valence-electron chi connectivity index (χ2n) is 5.24. The van der Waals surface area contributed by atoms with Crippen molar-refractivity contribution in [1.29, 1.82) is 0 Å². The highest BCUT2D eigenvalue weighted by atomic mass is 16.6. The number of amides is 1. The average Bonchev–Trinajstić information content (AvgIpc) is 2.53. The number of anilines is 1. The van der Waals surface area contributed by atoms with Crippen molar-refractivity contribution >= 4 is 23.4 Å². The van der Waals surface area contributed by atoms with E-state index in [0.29, 0.717) is 12.1 Å². The number of non-ortho nitro benzene ring substituents is 1. The molecule has 2 aromatic carbocycles. The van der Waals surface area contributed by atoms with E-state index in [0.717, 1.165) is 16.8 Å². The van der Waals surface area contributed by atoms with Crippen LogP contribution in [-0.2, 0) is 0 Å². The first-order chi connectivity index (χ1) is 10.6. The zero-order valence-corrected chi connectivity index (χ0v) is 12.0. The fourth-order valence-electron chi connectivity index (χ4n) is 2.56. The van der Waals surface area contributed by atoms with Crippen LogP contribution < -0.4 is 4.90 Å². The Bertz CT molecular complexity index is 779. The molecule has 1 aliphatic rings. The molecule has 5 nitrogen and oxygen atoms in total. The number of carbonyl (C=O) groups is 1. The van der Waals surface area contributed by atoms with Crippen LogP contribution in [0.4, 0.5) is 11.4 Å². The molecule has 0 aliphatic carbocycles. The number of fused-ring (bicyclic) bond motifs is 1. The van der Waals surface area contributed by atoms with Gasteiger partial charge in [0.05, 0.1) is 10.6 Å². The van der Waals surface area contributed by atoms with Crippen LogP contribution in [0.15, 0.2) is 54.1 Å². The van der Waals surface area contributed by atoms with Crippen molar-refractivity contribution in [2.75, 3.05) is 11.4 Å². The van der Waals surface area contributed by atoms with Crippen LogP contribution in [0.25, 0.3) is 6.08 Å². The lowest BCUT2D eigenvalue weighted by atomic mass is 10.0. The fraction of sp³-hybridized carbons (Fsp3) is 0.118. The molecule has 0 spiro atoms. The van der Waals surface area contributed by atoms with Crippen LogP contribution in [0.1, 0.15) is 22.8 Å². The molecule has 1 heterocycles. The molecule has 5 heteroatoms. The molecule has 110 valence electrons. The number of rotatable bonds is 2. The van der Waals surface area contributed by atoms with Crippen molar-refractivity contribution in [3.63, 3.8) is 0 Å². The van der Waals surface area contributed by atoms with Crippen LogP contribution in [-0.4, -0.2) is 17.4 Å². The molecule has 2 aromatic rings. The molecule has 0 atom stereocenters. The minimum absolute atomic E-state index is 0.0216. The lowest BCUT2D eigenvalue weighted by Gasteiger charge is -2.28. The second-order valence-corrected chi connectivity index (χ2v) is 5.24. The van der Waals surface area contributed by atoms with Gasteiger partial charge in [0.2, 0.25) is 0 Å². The van der Waals surface area contributed by atoms with Crippen LogP contribution in [0.3, 0.4) is 0 Å². The molecule has 0 aromatic heterocycles. The zero-order valence-electron chi connectivity index (χ0n) is 12.0. The topological polar surface area (TPSA) is 63.5 Å². The molecule has 0 N–H and O–H groups in total. The smallest absolute Gasteiger partial charge is 0.269 e. The van der Waals surface area contributed by atoms with Crippen molar-refractivity contribution in [2.24, 2.45) is 0 Å². The molecule has 1 amide bonds. The Morgan fingerprint density at radius 2 is 1.82 bits per heavy atom. The first-order valence-corrected chi connectivity index (χ1v) is 6.89. The minimum atomic E-state index is -0.475. The third kappa shape index (κ3) is 2.48. The van der Waals surface area contributed by atoms with E-state index >= 15 is 0 Å². The highest BCUT2D eigenvalue weighted by molar-refractivity contribution is 6.08. The largest absolute Gasteiger partial charge is 0.304 e. The van der Waals surface area contributed by atoms with E-state index in [2.05, 4.69) is 6.08 Å². The second kappa shape index (κ2) is 5.44. The summed E-state index contributed by atoms with van der Waals surface area (Å²) in [5.74, 6) is -0.158. The standard InChI is InChI=1S/C17H14N2O3/c1-12-10-14-4-2-3-5-16(14)18(11-12)17(20)13-6-8-15(9-7-13)19(21)22/h2-10H,11H2,1H3. The van der Waals surface area contributed by atoms with Gasteiger partial charge in [-0.1, -0.05) is 29.8 Å². The number of para-hydroxylation sites is 1. The van der Waals surface area contributed by atoms with E-state index in [4.69, 9.17) is 0 Å². The van der Waals surface area contributed by atoms with Crippen molar-refractivity contribution in [1.82, 2.24) is 0 Å². The summed E-state index contributed by atoms with van der Waals surface area (Å²) in [5.41, 5.74) is 3.37. The highest BCUT2D eigenvalue weighted by Crippen LogP contribution is 2.29. The fourth-order valence-corrected chi connectivity index (χ4v) is 2.56. The van der Waals surface area contributed by atoms with Gasteiger partial charge in [0.25, 0.3) is 11.6 Å². The maximum absolute atomic E-state index is 12.7. The number of nitrogens with zero attached hydrogens (tertiary/aromatic N) is 2. The number of carbonyl (C=O) groups excluding carboxylic acids is 1. The zero-order chi connectivity index (χ0) is 15.7. The van der Waals surface area contributed by atoms with Crippen molar-refractivity contribution in [3.8, 4) is 0 Å². The maximum atomic E-state index is 12.7. The van der Waals surface area contributed by atoms with E-state index in [-0.39, 0.29) is 11.6 Å². The maximum Gasteiger partial charge on any atom is 0.269 e. The summed E-state index contributed by atoms with van der Waals surface area (Å²) >= 11 is 0. The van der Waals surface area contributed by atoms with Gasteiger partial charge < -0.3 is 4.90 Å². The molecule has 3 rings (SSSR count). The predicted molar refractivity (Wildman–Crippen MR) is 84.9 cm³/mol. The van der Waals surface area contributed by atoms with Gasteiger partial charge in [-0.05, 0) is 30.7 Å². The molecule has 1 aliphatic heterocycles. The van der Waals surface area contributed by atoms with Crippen LogP contribution in [0.2, 0.25) is 0 Å². The third-order valence-corrected chi connectivity index (χ3v) is 3.61. The number of nitro groups is 1. The average molecular weight is 294 g/mol. The van der Waals surface area contributed by atoms with Crippen molar-refractivity contribution < 1.29 is 9.72 Å². The van der Waals surface area contributed by atoms with Gasteiger partial charge in [0.1, 0.15) is 0 Å². The molecule has 0 saturated heterocycles. The summed E-state index contributed by atoms with van der Waals surface area (Å²) in [6.07, 6.45) is 2.06. The highest BCUT2D eigenvalue weighted by Gasteiger charge is 2.23. The Balaban J connectivity index is 1.95. The molecular weight excluding hydrogens is 280 g/mol. The normalized spacial score (nSPS) is 13.3. The van der Waals surface area contributed by atoms with Crippen LogP contribution in [0.5, 0.6) is 0 Å². The van der Waals surface area contributed by atoms with Gasteiger partial charge in [-0.3, -0.25) is 14.9 Å². The number of benzene rings is 2. The van der Waals surface area contributed by atoms with Gasteiger partial charge in [0, 0.05) is 24.2 Å². The monoisotopic (exact) mass is 294 g/mol. The van der Waals surface area contributed by atoms with Crippen molar-refractivity contribution in [2.45, 2.75) is 6.92 Å². The number of hydrogen-bond acceptors (Lipinski definition) is 3. The summed E-state index contributed by atoms with van der Waals surface area (Å²) in [5, 5.41) is 10.7. The lowest BCUT2D eigenvalue weighted by molar-refractivity contribution is -0.384. The van der Waals surface area contributed by atoms with E-state index in [1.165, 1.54) is 24.3 Å². The van der Waals surface area contributed by atoms with E-state index in [1.54, 1.807) is 4.90 Å². The van der Waals surface area contributed by atoms with Gasteiger partial charge in [-0.15, -0.1) is 0 Å². The summed E-state index contributed by atoms with van der Waals surface area (Å²) in [4.78, 5) is 24.6. The SMILES string of the molecule is CC1=Cc2ccccc2N(C(=O)c2ccc([N+](=O)[O-])cc2)C1. The molecule has 0 fully saturated rings. The molecule has 0 radical (unpaired) electrons. The molecule has 22 heavy (non-hydrogen) atoms. The first kappa shape index (κ1) is 14.0.